The number of ether oxygens (including phenoxy) is 2. The lowest BCUT2D eigenvalue weighted by Crippen LogP contribution is -2.45. The summed E-state index contributed by atoms with van der Waals surface area (Å²) < 4.78 is 11.2. The molecule has 0 saturated heterocycles. The predicted octanol–water partition coefficient (Wildman–Crippen LogP) is 4.15. The molecule has 29 heavy (non-hydrogen) atoms. The molecule has 1 aliphatic rings. The average molecular weight is 384 g/mol. The summed E-state index contributed by atoms with van der Waals surface area (Å²) in [5, 5.41) is 0. The van der Waals surface area contributed by atoms with Crippen LogP contribution in [0.3, 0.4) is 0 Å². The maximum atomic E-state index is 13.0. The lowest BCUT2D eigenvalue weighted by atomic mass is 9.90. The summed E-state index contributed by atoms with van der Waals surface area (Å²) in [6.45, 7) is 0. The monoisotopic (exact) mass is 384 g/mol. The van der Waals surface area contributed by atoms with Gasteiger partial charge in [0.2, 0.25) is 5.78 Å². The molecule has 0 atom stereocenters. The van der Waals surface area contributed by atoms with Gasteiger partial charge in [0.1, 0.15) is 0 Å². The van der Waals surface area contributed by atoms with E-state index in [0.29, 0.717) is 11.1 Å². The number of esters is 2. The van der Waals surface area contributed by atoms with Crippen LogP contribution in [0.4, 0.5) is 0 Å². The zero-order valence-electron chi connectivity index (χ0n) is 15.3. The van der Waals surface area contributed by atoms with Gasteiger partial charge in [0.05, 0.1) is 16.7 Å². The Morgan fingerprint density at radius 2 is 1.10 bits per heavy atom. The Morgan fingerprint density at radius 3 is 1.66 bits per heavy atom. The quantitative estimate of drug-likeness (QED) is 0.499. The fourth-order valence-electron chi connectivity index (χ4n) is 3.11. The SMILES string of the molecule is O=C(OC1(OC(=O)c2ccccc2)C(=O)C=Cc2ccccc21)c1ccccc1. The van der Waals surface area contributed by atoms with Crippen LogP contribution in [0.5, 0.6) is 0 Å². The van der Waals surface area contributed by atoms with Crippen LogP contribution in [0.25, 0.3) is 6.08 Å². The minimum atomic E-state index is -2.20. The average Bonchev–Trinajstić information content (AvgIpc) is 2.77. The van der Waals surface area contributed by atoms with Crippen LogP contribution < -0.4 is 0 Å². The Morgan fingerprint density at radius 1 is 0.621 bits per heavy atom. The van der Waals surface area contributed by atoms with Crippen LogP contribution in [-0.4, -0.2) is 17.7 Å². The van der Waals surface area contributed by atoms with Gasteiger partial charge in [0, 0.05) is 0 Å². The highest BCUT2D eigenvalue weighted by Gasteiger charge is 2.50. The second-order valence-electron chi connectivity index (χ2n) is 6.41. The van der Waals surface area contributed by atoms with Crippen molar-refractivity contribution in [2.75, 3.05) is 0 Å². The van der Waals surface area contributed by atoms with Gasteiger partial charge in [-0.05, 0) is 35.9 Å². The first kappa shape index (κ1) is 18.4. The van der Waals surface area contributed by atoms with Gasteiger partial charge in [0.25, 0.3) is 0 Å². The van der Waals surface area contributed by atoms with Gasteiger partial charge in [-0.2, -0.15) is 0 Å². The molecule has 3 aromatic carbocycles. The van der Waals surface area contributed by atoms with Crippen LogP contribution in [0.2, 0.25) is 0 Å². The Kier molecular flexibility index (Phi) is 4.79. The number of carbonyl (C=O) groups is 3. The van der Waals surface area contributed by atoms with E-state index >= 15 is 0 Å². The molecule has 0 saturated carbocycles. The molecular formula is C24H16O5. The molecule has 0 spiro atoms. The van der Waals surface area contributed by atoms with E-state index in [-0.39, 0.29) is 11.1 Å². The minimum Gasteiger partial charge on any atom is -0.407 e. The smallest absolute Gasteiger partial charge is 0.348 e. The topological polar surface area (TPSA) is 69.7 Å². The summed E-state index contributed by atoms with van der Waals surface area (Å²) in [5.41, 5.74) is 1.39. The van der Waals surface area contributed by atoms with E-state index in [4.69, 9.17) is 9.47 Å². The molecular weight excluding hydrogens is 368 g/mol. The first-order valence-electron chi connectivity index (χ1n) is 8.99. The Bertz CT molecular complexity index is 1050. The molecule has 0 aromatic heterocycles. The molecule has 0 heterocycles. The van der Waals surface area contributed by atoms with Crippen LogP contribution in [0.15, 0.2) is 91.0 Å². The zero-order chi connectivity index (χ0) is 20.3. The summed E-state index contributed by atoms with van der Waals surface area (Å²) in [4.78, 5) is 38.6. The standard InChI is InChI=1S/C24H16O5/c25-21-16-15-17-9-7-8-14-20(17)24(21,28-22(26)18-10-3-1-4-11-18)29-23(27)19-12-5-2-6-13-19/h1-16H. The largest absolute Gasteiger partial charge is 0.407 e. The third-order valence-electron chi connectivity index (χ3n) is 4.55. The molecule has 1 aliphatic carbocycles. The van der Waals surface area contributed by atoms with E-state index in [1.54, 1.807) is 91.0 Å². The molecule has 0 fully saturated rings. The van der Waals surface area contributed by atoms with E-state index in [9.17, 15) is 14.4 Å². The van der Waals surface area contributed by atoms with Crippen molar-refractivity contribution in [2.45, 2.75) is 5.79 Å². The molecule has 5 nitrogen and oxygen atoms in total. The third-order valence-corrected chi connectivity index (χ3v) is 4.55. The van der Waals surface area contributed by atoms with E-state index in [0.717, 1.165) is 0 Å². The van der Waals surface area contributed by atoms with E-state index in [1.807, 2.05) is 0 Å². The molecule has 0 bridgehead atoms. The number of rotatable bonds is 4. The zero-order valence-corrected chi connectivity index (χ0v) is 15.3. The highest BCUT2D eigenvalue weighted by atomic mass is 16.7. The summed E-state index contributed by atoms with van der Waals surface area (Å²) in [6, 6.07) is 23.3. The number of fused-ring (bicyclic) bond motifs is 1. The molecule has 5 heteroatoms. The van der Waals surface area contributed by atoms with Crippen molar-refractivity contribution in [1.82, 2.24) is 0 Å². The first-order valence-corrected chi connectivity index (χ1v) is 8.99. The van der Waals surface area contributed by atoms with Gasteiger partial charge >= 0.3 is 17.7 Å². The van der Waals surface area contributed by atoms with Crippen molar-refractivity contribution >= 4 is 23.8 Å². The summed E-state index contributed by atoms with van der Waals surface area (Å²) in [6.07, 6.45) is 2.85. The molecule has 0 unspecified atom stereocenters. The van der Waals surface area contributed by atoms with Crippen molar-refractivity contribution in [3.8, 4) is 0 Å². The molecule has 3 aromatic rings. The Labute approximate surface area is 167 Å². The lowest BCUT2D eigenvalue weighted by molar-refractivity contribution is -0.185. The molecule has 142 valence electrons. The molecule has 0 aliphatic heterocycles. The highest BCUT2D eigenvalue weighted by molar-refractivity contribution is 6.06. The Balaban J connectivity index is 1.79. The normalized spacial score (nSPS) is 14.0. The molecule has 0 radical (unpaired) electrons. The molecule has 0 amide bonds. The second kappa shape index (κ2) is 7.56. The van der Waals surface area contributed by atoms with Gasteiger partial charge in [-0.15, -0.1) is 0 Å². The van der Waals surface area contributed by atoms with Gasteiger partial charge in [0.15, 0.2) is 0 Å². The van der Waals surface area contributed by atoms with Crippen molar-refractivity contribution in [3.63, 3.8) is 0 Å². The van der Waals surface area contributed by atoms with Crippen molar-refractivity contribution in [2.24, 2.45) is 0 Å². The molecule has 0 N–H and O–H groups in total. The minimum absolute atomic E-state index is 0.238. The van der Waals surface area contributed by atoms with E-state index in [1.165, 1.54) is 6.08 Å². The second-order valence-corrected chi connectivity index (χ2v) is 6.41. The maximum Gasteiger partial charge on any atom is 0.348 e. The first-order chi connectivity index (χ1) is 14.1. The fraction of sp³-hybridized carbons (Fsp3) is 0.0417. The van der Waals surface area contributed by atoms with Crippen LogP contribution in [-0.2, 0) is 20.1 Å². The number of hydrogen-bond donors (Lipinski definition) is 0. The number of ketones is 1. The fourth-order valence-corrected chi connectivity index (χ4v) is 3.11. The maximum absolute atomic E-state index is 13.0. The Hall–Kier alpha value is -3.99. The van der Waals surface area contributed by atoms with Crippen molar-refractivity contribution in [3.05, 3.63) is 113 Å². The summed E-state index contributed by atoms with van der Waals surface area (Å²) in [5.74, 6) is -4.40. The van der Waals surface area contributed by atoms with Crippen molar-refractivity contribution in [1.29, 1.82) is 0 Å². The number of hydrogen-bond acceptors (Lipinski definition) is 5. The highest BCUT2D eigenvalue weighted by Crippen LogP contribution is 2.37. The summed E-state index contributed by atoms with van der Waals surface area (Å²) in [7, 11) is 0. The van der Waals surface area contributed by atoms with Crippen molar-refractivity contribution < 1.29 is 23.9 Å². The van der Waals surface area contributed by atoms with Crippen LogP contribution in [0, 0.1) is 0 Å². The van der Waals surface area contributed by atoms with Crippen LogP contribution >= 0.6 is 0 Å². The van der Waals surface area contributed by atoms with Gasteiger partial charge in [-0.3, -0.25) is 4.79 Å². The molecule has 4 rings (SSSR count). The van der Waals surface area contributed by atoms with E-state index < -0.39 is 23.5 Å². The lowest BCUT2D eigenvalue weighted by Gasteiger charge is -2.33. The van der Waals surface area contributed by atoms with Gasteiger partial charge < -0.3 is 9.47 Å². The number of carbonyl (C=O) groups excluding carboxylic acids is 3. The van der Waals surface area contributed by atoms with Gasteiger partial charge in [-0.25, -0.2) is 9.59 Å². The van der Waals surface area contributed by atoms with E-state index in [2.05, 4.69) is 0 Å². The van der Waals surface area contributed by atoms with Gasteiger partial charge in [-0.1, -0.05) is 66.7 Å². The number of benzene rings is 3. The van der Waals surface area contributed by atoms with Crippen LogP contribution in [0.1, 0.15) is 31.8 Å². The summed E-state index contributed by atoms with van der Waals surface area (Å²) >= 11 is 0. The predicted molar refractivity (Wildman–Crippen MR) is 106 cm³/mol. The third kappa shape index (κ3) is 3.46.